The maximum atomic E-state index is 12.1. The van der Waals surface area contributed by atoms with E-state index in [9.17, 15) is 19.7 Å². The molecule has 0 fully saturated rings. The number of benzene rings is 2. The first-order chi connectivity index (χ1) is 14.5. The third kappa shape index (κ3) is 5.76. The fraction of sp³-hybridized carbons (Fsp3) is 0.0500. The molecule has 3 amide bonds. The molecule has 0 aliphatic carbocycles. The number of hydrazone groups is 1. The highest BCUT2D eigenvalue weighted by Crippen LogP contribution is 2.12. The van der Waals surface area contributed by atoms with Gasteiger partial charge in [0.15, 0.2) is 0 Å². The molecule has 0 saturated heterocycles. The van der Waals surface area contributed by atoms with Crippen LogP contribution in [-0.4, -0.2) is 23.1 Å². The van der Waals surface area contributed by atoms with E-state index in [1.54, 1.807) is 30.3 Å². The molecule has 152 valence electrons. The molecule has 0 saturated carbocycles. The minimum Gasteiger partial charge on any atom is -0.467 e. The number of hydrogen-bond acceptors (Lipinski definition) is 6. The van der Waals surface area contributed by atoms with Crippen LogP contribution in [0.4, 0.5) is 16.2 Å². The average Bonchev–Trinajstić information content (AvgIpc) is 3.27. The Morgan fingerprint density at radius 2 is 1.90 bits per heavy atom. The Kier molecular flexibility index (Phi) is 6.51. The molecule has 0 aliphatic heterocycles. The van der Waals surface area contributed by atoms with Crippen molar-refractivity contribution in [3.63, 3.8) is 0 Å². The number of nitro groups is 1. The van der Waals surface area contributed by atoms with E-state index < -0.39 is 16.9 Å². The van der Waals surface area contributed by atoms with Crippen LogP contribution in [0.1, 0.15) is 21.7 Å². The van der Waals surface area contributed by atoms with Gasteiger partial charge in [-0.05, 0) is 36.4 Å². The predicted molar refractivity (Wildman–Crippen MR) is 109 cm³/mol. The van der Waals surface area contributed by atoms with E-state index in [-0.39, 0.29) is 12.2 Å². The third-order valence-electron chi connectivity index (χ3n) is 3.87. The van der Waals surface area contributed by atoms with Crippen LogP contribution in [0.2, 0.25) is 0 Å². The van der Waals surface area contributed by atoms with Crippen LogP contribution in [0, 0.1) is 10.1 Å². The second-order valence-corrected chi connectivity index (χ2v) is 6.02. The first-order valence-electron chi connectivity index (χ1n) is 8.76. The van der Waals surface area contributed by atoms with Crippen LogP contribution >= 0.6 is 0 Å². The Hall–Kier alpha value is -4.47. The quantitative estimate of drug-likeness (QED) is 0.313. The number of nitrogens with one attached hydrogen (secondary N) is 3. The summed E-state index contributed by atoms with van der Waals surface area (Å²) in [5.74, 6) is 0.160. The Bertz CT molecular complexity index is 1060. The second-order valence-electron chi connectivity index (χ2n) is 6.02. The highest BCUT2D eigenvalue weighted by molar-refractivity contribution is 5.96. The number of non-ortho nitro benzene ring substituents is 1. The summed E-state index contributed by atoms with van der Waals surface area (Å²) in [6.45, 7) is 0.252. The lowest BCUT2D eigenvalue weighted by Crippen LogP contribution is -2.28. The number of carbonyl (C=O) groups is 2. The molecule has 3 aromatic rings. The zero-order chi connectivity index (χ0) is 21.3. The van der Waals surface area contributed by atoms with Crippen LogP contribution < -0.4 is 16.1 Å². The van der Waals surface area contributed by atoms with Crippen LogP contribution in [0.15, 0.2) is 76.4 Å². The summed E-state index contributed by atoms with van der Waals surface area (Å²) in [7, 11) is 0. The third-order valence-corrected chi connectivity index (χ3v) is 3.87. The van der Waals surface area contributed by atoms with E-state index in [1.165, 1.54) is 42.8 Å². The molecule has 30 heavy (non-hydrogen) atoms. The molecule has 10 nitrogen and oxygen atoms in total. The summed E-state index contributed by atoms with van der Waals surface area (Å²) in [5, 5.41) is 19.8. The maximum Gasteiger partial charge on any atom is 0.319 e. The molecule has 10 heteroatoms. The van der Waals surface area contributed by atoms with Crippen LogP contribution in [0.3, 0.4) is 0 Å². The molecule has 2 aromatic carbocycles. The molecule has 3 rings (SSSR count). The van der Waals surface area contributed by atoms with Crippen molar-refractivity contribution in [1.82, 2.24) is 10.7 Å². The highest BCUT2D eigenvalue weighted by Gasteiger charge is 2.07. The van der Waals surface area contributed by atoms with Gasteiger partial charge in [0.05, 0.1) is 23.9 Å². The van der Waals surface area contributed by atoms with E-state index in [4.69, 9.17) is 4.42 Å². The summed E-state index contributed by atoms with van der Waals surface area (Å²) < 4.78 is 5.12. The molecule has 3 N–H and O–H groups in total. The minimum atomic E-state index is -0.511. The van der Waals surface area contributed by atoms with Gasteiger partial charge in [0.1, 0.15) is 5.76 Å². The summed E-state index contributed by atoms with van der Waals surface area (Å²) in [5.41, 5.74) is 3.58. The van der Waals surface area contributed by atoms with E-state index in [0.29, 0.717) is 22.6 Å². The lowest BCUT2D eigenvalue weighted by Gasteiger charge is -2.07. The van der Waals surface area contributed by atoms with Gasteiger partial charge in [-0.2, -0.15) is 5.10 Å². The van der Waals surface area contributed by atoms with Crippen molar-refractivity contribution < 1.29 is 18.9 Å². The largest absolute Gasteiger partial charge is 0.467 e. The van der Waals surface area contributed by atoms with Gasteiger partial charge in [-0.3, -0.25) is 14.9 Å². The standard InChI is InChI=1S/C20H17N5O5/c26-19(24-22-12-14-3-1-4-17(11-14)25(28)29)15-6-8-16(9-7-15)23-20(27)21-13-18-5-2-10-30-18/h1-12H,13H2,(H,24,26)(H2,21,23,27)/b22-12+. The Morgan fingerprint density at radius 1 is 1.10 bits per heavy atom. The molecule has 0 spiro atoms. The van der Waals surface area contributed by atoms with Crippen molar-refractivity contribution >= 4 is 29.5 Å². The number of furan rings is 1. The molecule has 0 aliphatic rings. The Labute approximate surface area is 170 Å². The van der Waals surface area contributed by atoms with Crippen molar-refractivity contribution in [3.8, 4) is 0 Å². The van der Waals surface area contributed by atoms with Gasteiger partial charge in [0, 0.05) is 28.9 Å². The summed E-state index contributed by atoms with van der Waals surface area (Å²) in [6.07, 6.45) is 2.83. The number of nitrogens with zero attached hydrogens (tertiary/aromatic N) is 2. The molecule has 0 atom stereocenters. The fourth-order valence-corrected chi connectivity index (χ4v) is 2.41. The Balaban J connectivity index is 1.50. The zero-order valence-corrected chi connectivity index (χ0v) is 15.6. The molecule has 0 unspecified atom stereocenters. The zero-order valence-electron chi connectivity index (χ0n) is 15.6. The number of urea groups is 1. The van der Waals surface area contributed by atoms with Gasteiger partial charge >= 0.3 is 6.03 Å². The van der Waals surface area contributed by atoms with E-state index in [1.807, 2.05) is 0 Å². The SMILES string of the molecule is O=C(NCc1ccco1)Nc1ccc(C(=O)N/N=C/c2cccc([N+](=O)[O-])c2)cc1. The van der Waals surface area contributed by atoms with Crippen LogP contribution in [0.5, 0.6) is 0 Å². The molecule has 1 heterocycles. The second kappa shape index (κ2) is 9.64. The van der Waals surface area contributed by atoms with Gasteiger partial charge < -0.3 is 15.1 Å². The molecule has 0 bridgehead atoms. The van der Waals surface area contributed by atoms with Crippen molar-refractivity contribution in [3.05, 3.63) is 93.9 Å². The van der Waals surface area contributed by atoms with Gasteiger partial charge in [-0.15, -0.1) is 0 Å². The fourth-order valence-electron chi connectivity index (χ4n) is 2.41. The van der Waals surface area contributed by atoms with E-state index in [0.717, 1.165) is 0 Å². The lowest BCUT2D eigenvalue weighted by atomic mass is 10.2. The molecule has 1 aromatic heterocycles. The number of rotatable bonds is 7. The minimum absolute atomic E-state index is 0.0680. The topological polar surface area (TPSA) is 139 Å². The number of anilines is 1. The number of hydrogen-bond donors (Lipinski definition) is 3. The maximum absolute atomic E-state index is 12.1. The summed E-state index contributed by atoms with van der Waals surface area (Å²) in [4.78, 5) is 34.2. The lowest BCUT2D eigenvalue weighted by molar-refractivity contribution is -0.384. The Morgan fingerprint density at radius 3 is 2.60 bits per heavy atom. The van der Waals surface area contributed by atoms with Gasteiger partial charge in [-0.25, -0.2) is 10.2 Å². The number of carbonyl (C=O) groups excluding carboxylic acids is 2. The van der Waals surface area contributed by atoms with Gasteiger partial charge in [0.2, 0.25) is 0 Å². The summed E-state index contributed by atoms with van der Waals surface area (Å²) in [6, 6.07) is 15.1. The van der Waals surface area contributed by atoms with Crippen LogP contribution in [0.25, 0.3) is 0 Å². The first-order valence-corrected chi connectivity index (χ1v) is 8.76. The van der Waals surface area contributed by atoms with Crippen molar-refractivity contribution in [2.75, 3.05) is 5.32 Å². The van der Waals surface area contributed by atoms with Crippen molar-refractivity contribution in [2.24, 2.45) is 5.10 Å². The average molecular weight is 407 g/mol. The van der Waals surface area contributed by atoms with Gasteiger partial charge in [-0.1, -0.05) is 12.1 Å². The van der Waals surface area contributed by atoms with Crippen LogP contribution in [-0.2, 0) is 6.54 Å². The monoisotopic (exact) mass is 407 g/mol. The summed E-state index contributed by atoms with van der Waals surface area (Å²) >= 11 is 0. The normalized spacial score (nSPS) is 10.5. The first kappa shape index (κ1) is 20.3. The van der Waals surface area contributed by atoms with Crippen molar-refractivity contribution in [2.45, 2.75) is 6.54 Å². The highest BCUT2D eigenvalue weighted by atomic mass is 16.6. The molecular weight excluding hydrogens is 390 g/mol. The van der Waals surface area contributed by atoms with E-state index in [2.05, 4.69) is 21.2 Å². The number of amides is 3. The van der Waals surface area contributed by atoms with E-state index >= 15 is 0 Å². The molecule has 0 radical (unpaired) electrons. The van der Waals surface area contributed by atoms with Gasteiger partial charge in [0.25, 0.3) is 11.6 Å². The molecular formula is C20H17N5O5. The predicted octanol–water partition coefficient (Wildman–Crippen LogP) is 3.27. The van der Waals surface area contributed by atoms with Crippen molar-refractivity contribution in [1.29, 1.82) is 0 Å². The smallest absolute Gasteiger partial charge is 0.319 e. The number of nitro benzene ring substituents is 1.